The van der Waals surface area contributed by atoms with Gasteiger partial charge in [0.15, 0.2) is 0 Å². The van der Waals surface area contributed by atoms with Crippen LogP contribution in [0.2, 0.25) is 0 Å². The SMILES string of the molecule is COC(=O)c1cnc(N2CCC(CCCOc3ccc(CC(=O)N4CC(CNC[C@H](O)[C@@H](O)[C@H](O)[C@H](O)CO)C4)c(F)c3)CC2)nc1. The van der Waals surface area contributed by atoms with Gasteiger partial charge >= 0.3 is 5.97 Å². The van der Waals surface area contributed by atoms with E-state index in [0.717, 1.165) is 38.8 Å². The van der Waals surface area contributed by atoms with Crippen molar-refractivity contribution in [3.63, 3.8) is 0 Å². The Morgan fingerprint density at radius 3 is 2.36 bits per heavy atom. The van der Waals surface area contributed by atoms with Gasteiger partial charge in [-0.1, -0.05) is 6.07 Å². The maximum atomic E-state index is 14.8. The number of hydrogen-bond donors (Lipinski definition) is 6. The van der Waals surface area contributed by atoms with Crippen molar-refractivity contribution in [3.8, 4) is 5.75 Å². The fourth-order valence-electron chi connectivity index (χ4n) is 5.75. The molecule has 0 radical (unpaired) electrons. The van der Waals surface area contributed by atoms with Crippen molar-refractivity contribution in [3.05, 3.63) is 47.5 Å². The summed E-state index contributed by atoms with van der Waals surface area (Å²) in [5.41, 5.74) is 0.609. The molecule has 14 nitrogen and oxygen atoms in total. The number of nitrogens with zero attached hydrogens (tertiary/aromatic N) is 4. The third-order valence-corrected chi connectivity index (χ3v) is 8.77. The average Bonchev–Trinajstić information content (AvgIpc) is 3.07. The molecule has 6 N–H and O–H groups in total. The molecule has 4 atom stereocenters. The van der Waals surface area contributed by atoms with Gasteiger partial charge in [0.25, 0.3) is 0 Å². The first-order chi connectivity index (χ1) is 22.6. The predicted molar refractivity (Wildman–Crippen MR) is 167 cm³/mol. The largest absolute Gasteiger partial charge is 0.493 e. The number of carbonyl (C=O) groups is 2. The number of ether oxygens (including phenoxy) is 2. The number of carbonyl (C=O) groups excluding carboxylic acids is 2. The molecule has 0 spiro atoms. The number of aliphatic hydroxyl groups is 5. The summed E-state index contributed by atoms with van der Waals surface area (Å²) in [5, 5.41) is 50.7. The number of esters is 1. The maximum absolute atomic E-state index is 14.8. The standard InChI is InChI=1S/C32H46FN5O9/c1-46-31(45)23-14-35-32(36-15-23)37-8-6-20(7-9-37)3-2-10-47-24-5-4-22(25(33)12-24)11-28(42)38-17-21(18-38)13-34-16-26(40)29(43)30(44)27(41)19-39/h4-5,12,14-15,20-21,26-27,29-30,34,39-41,43-44H,2-3,6-11,13,16-19H2,1H3/t26-,27+,29+,30+/m0/s1. The van der Waals surface area contributed by atoms with E-state index >= 15 is 0 Å². The number of amides is 1. The molecule has 15 heteroatoms. The molecule has 4 rings (SSSR count). The lowest BCUT2D eigenvalue weighted by Gasteiger charge is -2.39. The monoisotopic (exact) mass is 663 g/mol. The smallest absolute Gasteiger partial charge is 0.341 e. The topological polar surface area (TPSA) is 198 Å². The quantitative estimate of drug-likeness (QED) is 0.0937. The summed E-state index contributed by atoms with van der Waals surface area (Å²) < 4.78 is 25.2. The Labute approximate surface area is 273 Å². The van der Waals surface area contributed by atoms with Gasteiger partial charge in [-0.05, 0) is 43.2 Å². The highest BCUT2D eigenvalue weighted by atomic mass is 19.1. The van der Waals surface area contributed by atoms with E-state index in [-0.39, 0.29) is 24.8 Å². The lowest BCUT2D eigenvalue weighted by atomic mass is 9.92. The molecule has 2 fully saturated rings. The van der Waals surface area contributed by atoms with Crippen LogP contribution < -0.4 is 15.0 Å². The molecule has 2 aliphatic rings. The molecule has 1 aromatic carbocycles. The van der Waals surface area contributed by atoms with Crippen LogP contribution in [0.15, 0.2) is 30.6 Å². The van der Waals surface area contributed by atoms with Gasteiger partial charge < -0.3 is 50.1 Å². The van der Waals surface area contributed by atoms with Gasteiger partial charge in [0.05, 0.1) is 38.4 Å². The highest BCUT2D eigenvalue weighted by Gasteiger charge is 2.32. The summed E-state index contributed by atoms with van der Waals surface area (Å²) in [6.07, 6.45) is 0.450. The molecule has 0 unspecified atom stereocenters. The number of rotatable bonds is 17. The second-order valence-corrected chi connectivity index (χ2v) is 12.2. The van der Waals surface area contributed by atoms with E-state index in [9.17, 15) is 34.4 Å². The number of anilines is 1. The van der Waals surface area contributed by atoms with E-state index in [2.05, 4.69) is 24.9 Å². The van der Waals surface area contributed by atoms with E-state index in [1.54, 1.807) is 17.0 Å². The summed E-state index contributed by atoms with van der Waals surface area (Å²) in [5.74, 6) is 0.517. The Hall–Kier alpha value is -3.47. The molecule has 0 saturated carbocycles. The highest BCUT2D eigenvalue weighted by molar-refractivity contribution is 5.88. The number of methoxy groups -OCH3 is 1. The summed E-state index contributed by atoms with van der Waals surface area (Å²) in [7, 11) is 1.32. The molecule has 0 aliphatic carbocycles. The van der Waals surface area contributed by atoms with Crippen molar-refractivity contribution in [1.29, 1.82) is 0 Å². The summed E-state index contributed by atoms with van der Waals surface area (Å²) in [6.45, 7) is 2.70. The van der Waals surface area contributed by atoms with Crippen molar-refractivity contribution < 1.29 is 49.0 Å². The lowest BCUT2D eigenvalue weighted by molar-refractivity contribution is -0.136. The van der Waals surface area contributed by atoms with Gasteiger partial charge in [0.1, 0.15) is 29.9 Å². The minimum Gasteiger partial charge on any atom is -0.493 e. The van der Waals surface area contributed by atoms with E-state index < -0.39 is 42.8 Å². The van der Waals surface area contributed by atoms with Crippen molar-refractivity contribution in [2.75, 3.05) is 64.5 Å². The second kappa shape index (κ2) is 17.6. The van der Waals surface area contributed by atoms with Crippen LogP contribution in [-0.4, -0.2) is 136 Å². The van der Waals surface area contributed by atoms with Gasteiger partial charge in [0, 0.05) is 63.6 Å². The molecule has 3 heterocycles. The van der Waals surface area contributed by atoms with Crippen LogP contribution in [-0.2, 0) is 16.0 Å². The second-order valence-electron chi connectivity index (χ2n) is 12.2. The fourth-order valence-corrected chi connectivity index (χ4v) is 5.75. The van der Waals surface area contributed by atoms with Crippen molar-refractivity contribution in [1.82, 2.24) is 20.2 Å². The third-order valence-electron chi connectivity index (χ3n) is 8.77. The van der Waals surface area contributed by atoms with Gasteiger partial charge in [-0.3, -0.25) is 4.79 Å². The zero-order valence-electron chi connectivity index (χ0n) is 26.6. The number of likely N-dealkylation sites (tertiary alicyclic amines) is 1. The number of aliphatic hydroxyl groups excluding tert-OH is 5. The Morgan fingerprint density at radius 1 is 1.04 bits per heavy atom. The zero-order valence-corrected chi connectivity index (χ0v) is 26.6. The van der Waals surface area contributed by atoms with E-state index in [1.165, 1.54) is 25.6 Å². The van der Waals surface area contributed by atoms with Crippen molar-refractivity contribution in [2.24, 2.45) is 11.8 Å². The average molecular weight is 664 g/mol. The molecule has 1 amide bonds. The van der Waals surface area contributed by atoms with Crippen LogP contribution in [0.5, 0.6) is 5.75 Å². The van der Waals surface area contributed by atoms with Gasteiger partial charge in [-0.15, -0.1) is 0 Å². The Balaban J connectivity index is 1.08. The molecule has 1 aromatic heterocycles. The molecule has 260 valence electrons. The fraction of sp³-hybridized carbons (Fsp3) is 0.625. The van der Waals surface area contributed by atoms with E-state index in [1.807, 2.05) is 0 Å². The van der Waals surface area contributed by atoms with Gasteiger partial charge in [-0.2, -0.15) is 0 Å². The minimum atomic E-state index is -1.68. The van der Waals surface area contributed by atoms with E-state index in [0.29, 0.717) is 55.0 Å². The Morgan fingerprint density at radius 2 is 1.72 bits per heavy atom. The van der Waals surface area contributed by atoms with Gasteiger partial charge in [0.2, 0.25) is 11.9 Å². The molecule has 0 bridgehead atoms. The molecule has 47 heavy (non-hydrogen) atoms. The number of halogens is 1. The van der Waals surface area contributed by atoms with Gasteiger partial charge in [-0.25, -0.2) is 19.2 Å². The molecule has 2 aromatic rings. The van der Waals surface area contributed by atoms with Crippen molar-refractivity contribution in [2.45, 2.75) is 56.5 Å². The molecular weight excluding hydrogens is 617 g/mol. The number of aromatic nitrogens is 2. The first-order valence-electron chi connectivity index (χ1n) is 16.0. The minimum absolute atomic E-state index is 0.0488. The number of piperidine rings is 1. The van der Waals surface area contributed by atoms with Crippen LogP contribution in [0.3, 0.4) is 0 Å². The van der Waals surface area contributed by atoms with Crippen molar-refractivity contribution >= 4 is 17.8 Å². The zero-order chi connectivity index (χ0) is 33.9. The number of benzene rings is 1. The van der Waals surface area contributed by atoms with Crippen LogP contribution in [0.25, 0.3) is 0 Å². The summed E-state index contributed by atoms with van der Waals surface area (Å²) in [6, 6.07) is 4.56. The first-order valence-corrected chi connectivity index (χ1v) is 16.0. The number of hydrogen-bond acceptors (Lipinski definition) is 13. The number of nitrogens with one attached hydrogen (secondary N) is 1. The van der Waals surface area contributed by atoms with Crippen LogP contribution in [0.4, 0.5) is 10.3 Å². The molecular formula is C32H46FN5O9. The van der Waals surface area contributed by atoms with Crippen LogP contribution >= 0.6 is 0 Å². The molecule has 2 saturated heterocycles. The van der Waals surface area contributed by atoms with Crippen LogP contribution in [0.1, 0.15) is 41.6 Å². The lowest BCUT2D eigenvalue weighted by Crippen LogP contribution is -2.55. The van der Waals surface area contributed by atoms with E-state index in [4.69, 9.17) is 9.84 Å². The first kappa shape index (κ1) is 36.4. The third kappa shape index (κ3) is 10.3. The van der Waals surface area contributed by atoms with Crippen LogP contribution in [0, 0.1) is 17.7 Å². The maximum Gasteiger partial charge on any atom is 0.341 e. The normalized spacial score (nSPS) is 18.3. The summed E-state index contributed by atoms with van der Waals surface area (Å²) in [4.78, 5) is 36.5. The summed E-state index contributed by atoms with van der Waals surface area (Å²) >= 11 is 0. The Bertz CT molecular complexity index is 1290. The predicted octanol–water partition coefficient (Wildman–Crippen LogP) is -0.496. The molecule has 2 aliphatic heterocycles. The Kier molecular flexibility index (Phi) is 13.6. The highest BCUT2D eigenvalue weighted by Crippen LogP contribution is 2.25.